The van der Waals surface area contributed by atoms with Crippen LogP contribution in [0.25, 0.3) is 0 Å². The first-order chi connectivity index (χ1) is 9.58. The largest absolute Gasteiger partial charge is 0.507 e. The second-order valence-corrected chi connectivity index (χ2v) is 4.87. The molecule has 1 saturated heterocycles. The molecule has 1 unspecified atom stereocenters. The third-order valence-electron chi connectivity index (χ3n) is 3.69. The highest BCUT2D eigenvalue weighted by atomic mass is 16.4. The number of hydrogen-bond donors (Lipinski definition) is 3. The third-order valence-corrected chi connectivity index (χ3v) is 3.69. The van der Waals surface area contributed by atoms with Crippen molar-refractivity contribution in [1.82, 2.24) is 4.90 Å². The zero-order chi connectivity index (χ0) is 14.7. The Bertz CT molecular complexity index is 522. The Morgan fingerprint density at radius 2 is 2.05 bits per heavy atom. The van der Waals surface area contributed by atoms with Crippen molar-refractivity contribution in [2.45, 2.75) is 19.8 Å². The summed E-state index contributed by atoms with van der Waals surface area (Å²) in [5.41, 5.74) is 0.616. The zero-order valence-electron chi connectivity index (χ0n) is 11.3. The summed E-state index contributed by atoms with van der Waals surface area (Å²) in [5, 5.41) is 31.7. The van der Waals surface area contributed by atoms with Crippen LogP contribution in [0.1, 0.15) is 30.1 Å². The number of oxime groups is 1. The number of hydrogen-bond acceptors (Lipinski definition) is 5. The fraction of sp³-hybridized carbons (Fsp3) is 0.429. The van der Waals surface area contributed by atoms with Gasteiger partial charge in [-0.2, -0.15) is 0 Å². The molecule has 20 heavy (non-hydrogen) atoms. The summed E-state index contributed by atoms with van der Waals surface area (Å²) in [7, 11) is 0. The van der Waals surface area contributed by atoms with Crippen molar-refractivity contribution in [3.8, 4) is 11.5 Å². The van der Waals surface area contributed by atoms with E-state index in [1.54, 1.807) is 4.90 Å². The fourth-order valence-electron chi connectivity index (χ4n) is 2.50. The first-order valence-electron chi connectivity index (χ1n) is 6.59. The highest BCUT2D eigenvalue weighted by molar-refractivity contribution is 6.00. The second-order valence-electron chi connectivity index (χ2n) is 4.87. The number of carbonyl (C=O) groups excluding carboxylic acids is 1. The highest BCUT2D eigenvalue weighted by Gasteiger charge is 2.30. The smallest absolute Gasteiger partial charge is 0.261 e. The van der Waals surface area contributed by atoms with Gasteiger partial charge in [-0.25, -0.2) is 0 Å². The predicted molar refractivity (Wildman–Crippen MR) is 73.3 cm³/mol. The molecular formula is C14H18N2O4. The third kappa shape index (κ3) is 2.54. The summed E-state index contributed by atoms with van der Waals surface area (Å²) >= 11 is 0. The second kappa shape index (κ2) is 5.81. The van der Waals surface area contributed by atoms with E-state index in [0.29, 0.717) is 25.2 Å². The first kappa shape index (κ1) is 14.2. The van der Waals surface area contributed by atoms with Crippen LogP contribution >= 0.6 is 0 Å². The Labute approximate surface area is 116 Å². The zero-order valence-corrected chi connectivity index (χ0v) is 11.3. The lowest BCUT2D eigenvalue weighted by Crippen LogP contribution is -2.44. The van der Waals surface area contributed by atoms with Crippen molar-refractivity contribution in [3.05, 3.63) is 23.8 Å². The minimum atomic E-state index is -0.406. The van der Waals surface area contributed by atoms with Crippen molar-refractivity contribution < 1.29 is 20.2 Å². The number of aromatic hydroxyl groups is 2. The van der Waals surface area contributed by atoms with Gasteiger partial charge in [-0.05, 0) is 18.6 Å². The molecule has 108 valence electrons. The number of rotatable bonds is 2. The standard InChI is InChI=1S/C14H18N2O4/c1-2-9-8-16(7-6-10(9)15-20)14(19)13-11(17)4-3-5-12(13)18/h3-5,9,17-18,20H,2,6-8H2,1H3/b15-10+. The Kier molecular flexibility index (Phi) is 4.12. The van der Waals surface area contributed by atoms with E-state index in [-0.39, 0.29) is 23.0 Å². The topological polar surface area (TPSA) is 93.4 Å². The van der Waals surface area contributed by atoms with Gasteiger partial charge in [0.2, 0.25) is 0 Å². The predicted octanol–water partition coefficient (Wildman–Crippen LogP) is 1.80. The molecule has 1 aliphatic heterocycles. The van der Waals surface area contributed by atoms with Gasteiger partial charge in [0.15, 0.2) is 0 Å². The maximum Gasteiger partial charge on any atom is 0.261 e. The normalized spacial score (nSPS) is 21.1. The number of carbonyl (C=O) groups is 1. The van der Waals surface area contributed by atoms with Crippen molar-refractivity contribution in [2.75, 3.05) is 13.1 Å². The lowest BCUT2D eigenvalue weighted by molar-refractivity contribution is 0.0722. The number of phenolic OH excluding ortho intramolecular Hbond substituents is 2. The van der Waals surface area contributed by atoms with E-state index in [9.17, 15) is 15.0 Å². The minimum absolute atomic E-state index is 0.00528. The average Bonchev–Trinajstić information content (AvgIpc) is 2.46. The molecule has 0 bridgehead atoms. The van der Waals surface area contributed by atoms with Gasteiger partial charge >= 0.3 is 0 Å². The van der Waals surface area contributed by atoms with Crippen LogP contribution < -0.4 is 0 Å². The van der Waals surface area contributed by atoms with Gasteiger partial charge in [0.25, 0.3) is 5.91 Å². The number of likely N-dealkylation sites (tertiary alicyclic amines) is 1. The summed E-state index contributed by atoms with van der Waals surface area (Å²) in [4.78, 5) is 14.0. The lowest BCUT2D eigenvalue weighted by atomic mass is 9.92. The van der Waals surface area contributed by atoms with Gasteiger partial charge in [-0.1, -0.05) is 18.1 Å². The molecule has 0 saturated carbocycles. The monoisotopic (exact) mass is 278 g/mol. The molecule has 0 spiro atoms. The number of benzene rings is 1. The van der Waals surface area contributed by atoms with Gasteiger partial charge in [-0.3, -0.25) is 4.79 Å². The molecule has 1 fully saturated rings. The van der Waals surface area contributed by atoms with E-state index in [1.807, 2.05) is 6.92 Å². The molecule has 1 atom stereocenters. The Hall–Kier alpha value is -2.24. The summed E-state index contributed by atoms with van der Waals surface area (Å²) in [6.07, 6.45) is 1.25. The van der Waals surface area contributed by atoms with Crippen LogP contribution in [0, 0.1) is 5.92 Å². The Morgan fingerprint density at radius 1 is 1.40 bits per heavy atom. The molecule has 1 aromatic carbocycles. The van der Waals surface area contributed by atoms with Gasteiger partial charge in [0, 0.05) is 25.4 Å². The van der Waals surface area contributed by atoms with Crippen molar-refractivity contribution in [2.24, 2.45) is 11.1 Å². The van der Waals surface area contributed by atoms with Gasteiger partial charge < -0.3 is 20.3 Å². The van der Waals surface area contributed by atoms with E-state index >= 15 is 0 Å². The molecule has 3 N–H and O–H groups in total. The van der Waals surface area contributed by atoms with Crippen LogP contribution in [-0.2, 0) is 0 Å². The van der Waals surface area contributed by atoms with Crippen LogP contribution in [0.5, 0.6) is 11.5 Å². The van der Waals surface area contributed by atoms with Gasteiger partial charge in [0.1, 0.15) is 17.1 Å². The molecule has 0 aromatic heterocycles. The molecule has 0 radical (unpaired) electrons. The number of nitrogens with zero attached hydrogens (tertiary/aromatic N) is 2. The molecular weight excluding hydrogens is 260 g/mol. The molecule has 6 nitrogen and oxygen atoms in total. The molecule has 1 aliphatic rings. The van der Waals surface area contributed by atoms with Crippen LogP contribution in [-0.4, -0.2) is 45.0 Å². The Balaban J connectivity index is 2.22. The summed E-state index contributed by atoms with van der Waals surface area (Å²) in [6, 6.07) is 4.21. The SMILES string of the molecule is CCC1CN(C(=O)c2c(O)cccc2O)CC/C1=N\O. The quantitative estimate of drug-likeness (QED) is 0.568. The van der Waals surface area contributed by atoms with Gasteiger partial charge in [-0.15, -0.1) is 0 Å². The fourth-order valence-corrected chi connectivity index (χ4v) is 2.50. The molecule has 2 rings (SSSR count). The maximum atomic E-state index is 12.4. The molecule has 1 amide bonds. The van der Waals surface area contributed by atoms with Gasteiger partial charge in [0.05, 0.1) is 5.71 Å². The first-order valence-corrected chi connectivity index (χ1v) is 6.59. The van der Waals surface area contributed by atoms with E-state index in [1.165, 1.54) is 18.2 Å². The molecule has 0 aliphatic carbocycles. The summed E-state index contributed by atoms with van der Waals surface area (Å²) in [5.74, 6) is -0.865. The lowest BCUT2D eigenvalue weighted by Gasteiger charge is -2.33. The van der Waals surface area contributed by atoms with Crippen LogP contribution in [0.2, 0.25) is 0 Å². The summed E-state index contributed by atoms with van der Waals surface area (Å²) in [6.45, 7) is 2.78. The van der Waals surface area contributed by atoms with Crippen LogP contribution in [0.15, 0.2) is 23.4 Å². The summed E-state index contributed by atoms with van der Waals surface area (Å²) < 4.78 is 0. The molecule has 6 heteroatoms. The van der Waals surface area contributed by atoms with Crippen molar-refractivity contribution in [1.29, 1.82) is 0 Å². The molecule has 1 heterocycles. The average molecular weight is 278 g/mol. The van der Waals surface area contributed by atoms with E-state index in [4.69, 9.17) is 5.21 Å². The number of phenols is 2. The van der Waals surface area contributed by atoms with Crippen molar-refractivity contribution >= 4 is 11.6 Å². The van der Waals surface area contributed by atoms with E-state index < -0.39 is 5.91 Å². The van der Waals surface area contributed by atoms with Crippen molar-refractivity contribution in [3.63, 3.8) is 0 Å². The number of amides is 1. The Morgan fingerprint density at radius 3 is 2.60 bits per heavy atom. The minimum Gasteiger partial charge on any atom is -0.507 e. The van der Waals surface area contributed by atoms with Crippen LogP contribution in [0.3, 0.4) is 0 Å². The van der Waals surface area contributed by atoms with Crippen LogP contribution in [0.4, 0.5) is 0 Å². The van der Waals surface area contributed by atoms with E-state index in [2.05, 4.69) is 5.16 Å². The highest BCUT2D eigenvalue weighted by Crippen LogP contribution is 2.29. The number of piperidine rings is 1. The maximum absolute atomic E-state index is 12.4. The molecule has 1 aromatic rings. The van der Waals surface area contributed by atoms with E-state index in [0.717, 1.165) is 6.42 Å².